The molecule has 1 aromatic carbocycles. The first-order chi connectivity index (χ1) is 11.1. The van der Waals surface area contributed by atoms with Crippen molar-refractivity contribution in [1.82, 2.24) is 0 Å². The van der Waals surface area contributed by atoms with Gasteiger partial charge in [-0.2, -0.15) is 0 Å². The third-order valence-electron chi connectivity index (χ3n) is 5.04. The second-order valence-corrected chi connectivity index (χ2v) is 6.91. The van der Waals surface area contributed by atoms with Crippen molar-refractivity contribution in [3.8, 4) is 0 Å². The molecular formula is C19H26N2O2. The van der Waals surface area contributed by atoms with Gasteiger partial charge in [0.1, 0.15) is 0 Å². The Balaban J connectivity index is 1.64. The van der Waals surface area contributed by atoms with E-state index in [2.05, 4.69) is 5.32 Å². The lowest BCUT2D eigenvalue weighted by molar-refractivity contribution is -0.119. The zero-order valence-corrected chi connectivity index (χ0v) is 13.9. The minimum absolute atomic E-state index is 0.109. The number of carbonyl (C=O) groups is 2. The molecule has 1 N–H and O–H groups in total. The number of benzene rings is 1. The van der Waals surface area contributed by atoms with Crippen molar-refractivity contribution >= 4 is 23.2 Å². The highest BCUT2D eigenvalue weighted by Gasteiger charge is 2.21. The number of amides is 2. The van der Waals surface area contributed by atoms with Crippen molar-refractivity contribution < 1.29 is 9.59 Å². The zero-order chi connectivity index (χ0) is 16.2. The van der Waals surface area contributed by atoms with Crippen LogP contribution in [0.3, 0.4) is 0 Å². The lowest BCUT2D eigenvalue weighted by Crippen LogP contribution is -2.35. The standard InChI is InChI=1S/C19H26N2O2/c1-14-12-16(20-18(22)13-15-6-2-3-7-15)9-10-17(14)21-11-5-4-8-19(21)23/h9-10,12,15H,2-8,11,13H2,1H3,(H,20,22). The Morgan fingerprint density at radius 1 is 1.22 bits per heavy atom. The summed E-state index contributed by atoms with van der Waals surface area (Å²) < 4.78 is 0. The molecule has 0 bridgehead atoms. The minimum Gasteiger partial charge on any atom is -0.326 e. The van der Waals surface area contributed by atoms with E-state index in [-0.39, 0.29) is 11.8 Å². The second-order valence-electron chi connectivity index (χ2n) is 6.91. The van der Waals surface area contributed by atoms with Crippen LogP contribution in [0, 0.1) is 12.8 Å². The molecule has 1 heterocycles. The Labute approximate surface area is 138 Å². The predicted molar refractivity (Wildman–Crippen MR) is 92.6 cm³/mol. The summed E-state index contributed by atoms with van der Waals surface area (Å²) in [6.45, 7) is 2.80. The summed E-state index contributed by atoms with van der Waals surface area (Å²) in [6.07, 6.45) is 8.20. The van der Waals surface area contributed by atoms with Crippen LogP contribution in [-0.4, -0.2) is 18.4 Å². The average molecular weight is 314 g/mol. The average Bonchev–Trinajstić information content (AvgIpc) is 3.01. The number of hydrogen-bond acceptors (Lipinski definition) is 2. The molecule has 0 aromatic heterocycles. The molecule has 23 heavy (non-hydrogen) atoms. The molecule has 2 aliphatic rings. The molecule has 0 unspecified atom stereocenters. The van der Waals surface area contributed by atoms with Crippen LogP contribution in [0.2, 0.25) is 0 Å². The fraction of sp³-hybridized carbons (Fsp3) is 0.579. The third kappa shape index (κ3) is 3.92. The molecule has 124 valence electrons. The molecule has 1 aromatic rings. The van der Waals surface area contributed by atoms with E-state index in [1.54, 1.807) is 0 Å². The summed E-state index contributed by atoms with van der Waals surface area (Å²) in [5.41, 5.74) is 2.85. The van der Waals surface area contributed by atoms with E-state index in [1.807, 2.05) is 30.0 Å². The van der Waals surface area contributed by atoms with Crippen molar-refractivity contribution in [2.24, 2.45) is 5.92 Å². The first-order valence-electron chi connectivity index (χ1n) is 8.84. The van der Waals surface area contributed by atoms with E-state index in [0.717, 1.165) is 36.3 Å². The van der Waals surface area contributed by atoms with E-state index in [0.29, 0.717) is 18.8 Å². The number of nitrogens with zero attached hydrogens (tertiary/aromatic N) is 1. The number of aryl methyl sites for hydroxylation is 1. The van der Waals surface area contributed by atoms with Crippen molar-refractivity contribution in [1.29, 1.82) is 0 Å². The van der Waals surface area contributed by atoms with E-state index in [1.165, 1.54) is 25.7 Å². The fourth-order valence-electron chi connectivity index (χ4n) is 3.79. The second kappa shape index (κ2) is 7.16. The quantitative estimate of drug-likeness (QED) is 0.912. The van der Waals surface area contributed by atoms with E-state index < -0.39 is 0 Å². The van der Waals surface area contributed by atoms with Crippen LogP contribution < -0.4 is 10.2 Å². The maximum atomic E-state index is 12.1. The summed E-state index contributed by atoms with van der Waals surface area (Å²) in [5.74, 6) is 0.872. The van der Waals surface area contributed by atoms with Crippen LogP contribution >= 0.6 is 0 Å². The van der Waals surface area contributed by atoms with Crippen LogP contribution in [0.15, 0.2) is 18.2 Å². The van der Waals surface area contributed by atoms with Crippen molar-refractivity contribution in [3.63, 3.8) is 0 Å². The molecular weight excluding hydrogens is 288 g/mol. The van der Waals surface area contributed by atoms with Gasteiger partial charge in [-0.25, -0.2) is 0 Å². The zero-order valence-electron chi connectivity index (χ0n) is 13.9. The first-order valence-corrected chi connectivity index (χ1v) is 8.84. The predicted octanol–water partition coefficient (Wildman–Crippen LogP) is 4.03. The molecule has 0 atom stereocenters. The summed E-state index contributed by atoms with van der Waals surface area (Å²) in [5, 5.41) is 3.01. The van der Waals surface area contributed by atoms with Gasteiger partial charge >= 0.3 is 0 Å². The largest absolute Gasteiger partial charge is 0.326 e. The van der Waals surface area contributed by atoms with E-state index in [9.17, 15) is 9.59 Å². The Morgan fingerprint density at radius 2 is 2.00 bits per heavy atom. The molecule has 4 heteroatoms. The highest BCUT2D eigenvalue weighted by atomic mass is 16.2. The number of piperidine rings is 1. The summed E-state index contributed by atoms with van der Waals surface area (Å²) >= 11 is 0. The van der Waals surface area contributed by atoms with Crippen LogP contribution in [-0.2, 0) is 9.59 Å². The number of anilines is 2. The lowest BCUT2D eigenvalue weighted by Gasteiger charge is -2.28. The molecule has 0 radical (unpaired) electrons. The van der Waals surface area contributed by atoms with Crippen LogP contribution in [0.25, 0.3) is 0 Å². The number of nitrogens with one attached hydrogen (secondary N) is 1. The SMILES string of the molecule is Cc1cc(NC(=O)CC2CCCC2)ccc1N1CCCCC1=O. The van der Waals surface area contributed by atoms with Gasteiger partial charge in [0.25, 0.3) is 0 Å². The van der Waals surface area contributed by atoms with Crippen molar-refractivity contribution in [2.45, 2.75) is 58.3 Å². The number of hydrogen-bond donors (Lipinski definition) is 1. The number of carbonyl (C=O) groups excluding carboxylic acids is 2. The van der Waals surface area contributed by atoms with Gasteiger partial charge in [0.2, 0.25) is 11.8 Å². The Hall–Kier alpha value is -1.84. The Morgan fingerprint density at radius 3 is 2.70 bits per heavy atom. The van der Waals surface area contributed by atoms with Gasteiger partial charge in [0.15, 0.2) is 0 Å². The maximum Gasteiger partial charge on any atom is 0.226 e. The van der Waals surface area contributed by atoms with Crippen LogP contribution in [0.4, 0.5) is 11.4 Å². The Kier molecular flexibility index (Phi) is 4.99. The smallest absolute Gasteiger partial charge is 0.226 e. The topological polar surface area (TPSA) is 49.4 Å². The minimum atomic E-state index is 0.109. The third-order valence-corrected chi connectivity index (χ3v) is 5.04. The Bertz CT molecular complexity index is 591. The van der Waals surface area contributed by atoms with Crippen molar-refractivity contribution in [3.05, 3.63) is 23.8 Å². The van der Waals surface area contributed by atoms with Crippen LogP contribution in [0.5, 0.6) is 0 Å². The molecule has 2 fully saturated rings. The molecule has 1 aliphatic heterocycles. The maximum absolute atomic E-state index is 12.1. The molecule has 1 saturated heterocycles. The van der Waals surface area contributed by atoms with Gasteiger partial charge in [-0.1, -0.05) is 12.8 Å². The molecule has 0 spiro atoms. The number of rotatable bonds is 4. The molecule has 1 saturated carbocycles. The van der Waals surface area contributed by atoms with Crippen LogP contribution in [0.1, 0.15) is 56.9 Å². The highest BCUT2D eigenvalue weighted by Crippen LogP contribution is 2.29. The lowest BCUT2D eigenvalue weighted by atomic mass is 10.0. The monoisotopic (exact) mass is 314 g/mol. The van der Waals surface area contributed by atoms with E-state index in [4.69, 9.17) is 0 Å². The summed E-state index contributed by atoms with van der Waals surface area (Å²) in [4.78, 5) is 26.1. The van der Waals surface area contributed by atoms with Crippen molar-refractivity contribution in [2.75, 3.05) is 16.8 Å². The summed E-state index contributed by atoms with van der Waals surface area (Å²) in [6, 6.07) is 5.85. The molecule has 1 aliphatic carbocycles. The molecule has 3 rings (SSSR count). The van der Waals surface area contributed by atoms with Gasteiger partial charge in [-0.05, 0) is 62.3 Å². The van der Waals surface area contributed by atoms with Gasteiger partial charge in [-0.3, -0.25) is 9.59 Å². The molecule has 4 nitrogen and oxygen atoms in total. The van der Waals surface area contributed by atoms with Gasteiger partial charge in [0, 0.05) is 30.8 Å². The first kappa shape index (κ1) is 16.0. The fourth-order valence-corrected chi connectivity index (χ4v) is 3.79. The molecule has 2 amide bonds. The van der Waals surface area contributed by atoms with Gasteiger partial charge in [0.05, 0.1) is 0 Å². The normalized spacial score (nSPS) is 19.2. The van der Waals surface area contributed by atoms with Gasteiger partial charge < -0.3 is 10.2 Å². The highest BCUT2D eigenvalue weighted by molar-refractivity contribution is 5.96. The van der Waals surface area contributed by atoms with Gasteiger partial charge in [-0.15, -0.1) is 0 Å². The van der Waals surface area contributed by atoms with E-state index >= 15 is 0 Å². The summed E-state index contributed by atoms with van der Waals surface area (Å²) in [7, 11) is 0.